The van der Waals surface area contributed by atoms with Crippen LogP contribution in [-0.2, 0) is 4.74 Å². The van der Waals surface area contributed by atoms with E-state index in [1.54, 1.807) is 4.90 Å². The highest BCUT2D eigenvalue weighted by Gasteiger charge is 2.16. The van der Waals surface area contributed by atoms with E-state index in [2.05, 4.69) is 6.92 Å². The zero-order valence-corrected chi connectivity index (χ0v) is 9.17. The van der Waals surface area contributed by atoms with Gasteiger partial charge in [-0.3, -0.25) is 0 Å². The van der Waals surface area contributed by atoms with Crippen LogP contribution in [-0.4, -0.2) is 30.2 Å². The molecular weight excluding hydrogens is 166 g/mol. The summed E-state index contributed by atoms with van der Waals surface area (Å²) in [5.74, 6) is 0. The Balaban J connectivity index is 3.99. The molecule has 0 aromatic rings. The molecule has 0 bridgehead atoms. The fraction of sp³-hybridized carbons (Fsp3) is 0.900. The van der Waals surface area contributed by atoms with E-state index in [0.717, 1.165) is 19.4 Å². The Hall–Kier alpha value is -0.730. The van der Waals surface area contributed by atoms with E-state index >= 15 is 0 Å². The molecule has 13 heavy (non-hydrogen) atoms. The molecule has 0 rings (SSSR count). The van der Waals surface area contributed by atoms with E-state index in [1.165, 1.54) is 0 Å². The van der Waals surface area contributed by atoms with Gasteiger partial charge in [-0.15, -0.1) is 0 Å². The second kappa shape index (κ2) is 6.75. The number of amides is 1. The van der Waals surface area contributed by atoms with Crippen molar-refractivity contribution in [1.82, 2.24) is 4.90 Å². The molecule has 0 spiro atoms. The number of hydrogen-bond acceptors (Lipinski definition) is 2. The second-order valence-electron chi connectivity index (χ2n) is 3.34. The molecule has 0 radical (unpaired) electrons. The summed E-state index contributed by atoms with van der Waals surface area (Å²) in [7, 11) is 0. The third-order valence-electron chi connectivity index (χ3n) is 1.88. The smallest absolute Gasteiger partial charge is 0.409 e. The average molecular weight is 187 g/mol. The maximum atomic E-state index is 11.4. The van der Waals surface area contributed by atoms with Gasteiger partial charge in [0.1, 0.15) is 0 Å². The lowest BCUT2D eigenvalue weighted by molar-refractivity contribution is 0.0954. The summed E-state index contributed by atoms with van der Waals surface area (Å²) in [5.41, 5.74) is 0. The van der Waals surface area contributed by atoms with Crippen LogP contribution in [0, 0.1) is 0 Å². The van der Waals surface area contributed by atoms with Crippen LogP contribution < -0.4 is 0 Å². The van der Waals surface area contributed by atoms with Crippen LogP contribution in [0.25, 0.3) is 0 Å². The first-order valence-electron chi connectivity index (χ1n) is 5.06. The molecule has 1 amide bonds. The van der Waals surface area contributed by atoms with Crippen LogP contribution >= 0.6 is 0 Å². The molecule has 0 fully saturated rings. The molecule has 0 saturated heterocycles. The zero-order valence-electron chi connectivity index (χ0n) is 9.17. The van der Waals surface area contributed by atoms with Gasteiger partial charge >= 0.3 is 6.09 Å². The normalized spacial score (nSPS) is 10.2. The van der Waals surface area contributed by atoms with E-state index in [9.17, 15) is 4.79 Å². The first-order chi connectivity index (χ1) is 6.13. The van der Waals surface area contributed by atoms with Gasteiger partial charge in [0.15, 0.2) is 0 Å². The molecule has 0 N–H and O–H groups in total. The zero-order chi connectivity index (χ0) is 10.3. The molecule has 0 aliphatic heterocycles. The fourth-order valence-corrected chi connectivity index (χ4v) is 1.10. The minimum atomic E-state index is -0.189. The van der Waals surface area contributed by atoms with Crippen LogP contribution in [0.2, 0.25) is 0 Å². The summed E-state index contributed by atoms with van der Waals surface area (Å²) in [5, 5.41) is 0. The van der Waals surface area contributed by atoms with E-state index in [-0.39, 0.29) is 12.1 Å². The minimum Gasteiger partial charge on any atom is -0.450 e. The van der Waals surface area contributed by atoms with Gasteiger partial charge in [-0.1, -0.05) is 13.3 Å². The topological polar surface area (TPSA) is 29.5 Å². The lowest BCUT2D eigenvalue weighted by atomic mass is 10.3. The standard InChI is InChI=1S/C10H21NO2/c1-5-7-8-11(9(3)4)10(12)13-6-2/h9H,5-8H2,1-4H3. The number of unbranched alkanes of at least 4 members (excludes halogenated alkanes) is 1. The number of rotatable bonds is 5. The molecule has 3 heteroatoms. The summed E-state index contributed by atoms with van der Waals surface area (Å²) in [6.45, 7) is 9.21. The molecule has 0 atom stereocenters. The predicted molar refractivity (Wildman–Crippen MR) is 53.8 cm³/mol. The van der Waals surface area contributed by atoms with E-state index < -0.39 is 0 Å². The largest absolute Gasteiger partial charge is 0.450 e. The number of carbonyl (C=O) groups excluding carboxylic acids is 1. The summed E-state index contributed by atoms with van der Waals surface area (Å²) >= 11 is 0. The SMILES string of the molecule is CCCCN(C(=O)OCC)C(C)C. The van der Waals surface area contributed by atoms with Crippen molar-refractivity contribution in [3.63, 3.8) is 0 Å². The van der Waals surface area contributed by atoms with Crippen molar-refractivity contribution in [1.29, 1.82) is 0 Å². The lowest BCUT2D eigenvalue weighted by Crippen LogP contribution is -2.38. The Morgan fingerprint density at radius 3 is 2.38 bits per heavy atom. The van der Waals surface area contributed by atoms with E-state index in [0.29, 0.717) is 6.61 Å². The van der Waals surface area contributed by atoms with Gasteiger partial charge in [0.05, 0.1) is 6.61 Å². The van der Waals surface area contributed by atoms with Gasteiger partial charge in [-0.2, -0.15) is 0 Å². The van der Waals surface area contributed by atoms with Gasteiger partial charge < -0.3 is 9.64 Å². The van der Waals surface area contributed by atoms with Crippen molar-refractivity contribution in [3.8, 4) is 0 Å². The lowest BCUT2D eigenvalue weighted by Gasteiger charge is -2.25. The molecule has 0 unspecified atom stereocenters. The molecule has 0 aliphatic carbocycles. The van der Waals surface area contributed by atoms with Crippen LogP contribution in [0.4, 0.5) is 4.79 Å². The maximum Gasteiger partial charge on any atom is 0.409 e. The quantitative estimate of drug-likeness (QED) is 0.662. The summed E-state index contributed by atoms with van der Waals surface area (Å²) < 4.78 is 4.95. The van der Waals surface area contributed by atoms with E-state index in [1.807, 2.05) is 20.8 Å². The van der Waals surface area contributed by atoms with Gasteiger partial charge in [-0.25, -0.2) is 4.79 Å². The fourth-order valence-electron chi connectivity index (χ4n) is 1.10. The van der Waals surface area contributed by atoms with Gasteiger partial charge in [0.25, 0.3) is 0 Å². The van der Waals surface area contributed by atoms with Crippen molar-refractivity contribution < 1.29 is 9.53 Å². The van der Waals surface area contributed by atoms with E-state index in [4.69, 9.17) is 4.74 Å². The molecular formula is C10H21NO2. The van der Waals surface area contributed by atoms with Crippen LogP contribution in [0.15, 0.2) is 0 Å². The van der Waals surface area contributed by atoms with Crippen molar-refractivity contribution in [3.05, 3.63) is 0 Å². The Morgan fingerprint density at radius 1 is 1.38 bits per heavy atom. The first kappa shape index (κ1) is 12.3. The molecule has 0 saturated carbocycles. The van der Waals surface area contributed by atoms with Crippen molar-refractivity contribution >= 4 is 6.09 Å². The van der Waals surface area contributed by atoms with Gasteiger partial charge in [-0.05, 0) is 27.2 Å². The molecule has 78 valence electrons. The predicted octanol–water partition coefficient (Wildman–Crippen LogP) is 2.65. The molecule has 0 aromatic carbocycles. The Morgan fingerprint density at radius 2 is 2.00 bits per heavy atom. The average Bonchev–Trinajstić information content (AvgIpc) is 2.05. The number of carbonyl (C=O) groups is 1. The van der Waals surface area contributed by atoms with Crippen LogP contribution in [0.3, 0.4) is 0 Å². The summed E-state index contributed by atoms with van der Waals surface area (Å²) in [6.07, 6.45) is 1.95. The molecule has 0 aromatic heterocycles. The second-order valence-corrected chi connectivity index (χ2v) is 3.34. The highest BCUT2D eigenvalue weighted by atomic mass is 16.6. The monoisotopic (exact) mass is 187 g/mol. The molecule has 0 heterocycles. The Kier molecular flexibility index (Phi) is 6.37. The molecule has 0 aliphatic rings. The highest BCUT2D eigenvalue weighted by molar-refractivity contribution is 5.67. The number of ether oxygens (including phenoxy) is 1. The minimum absolute atomic E-state index is 0.189. The molecule has 3 nitrogen and oxygen atoms in total. The number of hydrogen-bond donors (Lipinski definition) is 0. The van der Waals surface area contributed by atoms with Crippen molar-refractivity contribution in [2.24, 2.45) is 0 Å². The summed E-state index contributed by atoms with van der Waals surface area (Å²) in [4.78, 5) is 13.2. The maximum absolute atomic E-state index is 11.4. The third kappa shape index (κ3) is 4.76. The van der Waals surface area contributed by atoms with Gasteiger partial charge in [0, 0.05) is 12.6 Å². The van der Waals surface area contributed by atoms with Crippen LogP contribution in [0.1, 0.15) is 40.5 Å². The van der Waals surface area contributed by atoms with Crippen LogP contribution in [0.5, 0.6) is 0 Å². The highest BCUT2D eigenvalue weighted by Crippen LogP contribution is 2.04. The summed E-state index contributed by atoms with van der Waals surface area (Å²) in [6, 6.07) is 0.227. The van der Waals surface area contributed by atoms with Gasteiger partial charge in [0.2, 0.25) is 0 Å². The number of nitrogens with zero attached hydrogens (tertiary/aromatic N) is 1. The Bertz CT molecular complexity index is 146. The third-order valence-corrected chi connectivity index (χ3v) is 1.88. The first-order valence-corrected chi connectivity index (χ1v) is 5.06. The van der Waals surface area contributed by atoms with Crippen molar-refractivity contribution in [2.45, 2.75) is 46.6 Å². The van der Waals surface area contributed by atoms with Crippen molar-refractivity contribution in [2.75, 3.05) is 13.2 Å². The Labute approximate surface area is 81.1 Å².